The van der Waals surface area contributed by atoms with Crippen molar-refractivity contribution in [3.05, 3.63) is 46.9 Å². The van der Waals surface area contributed by atoms with Gasteiger partial charge in [-0.15, -0.1) is 0 Å². The van der Waals surface area contributed by atoms with E-state index in [0.717, 1.165) is 35.3 Å². The quantitative estimate of drug-likeness (QED) is 0.652. The van der Waals surface area contributed by atoms with E-state index in [1.54, 1.807) is 42.1 Å². The van der Waals surface area contributed by atoms with Crippen molar-refractivity contribution in [1.82, 2.24) is 30.2 Å². The summed E-state index contributed by atoms with van der Waals surface area (Å²) in [6.45, 7) is 1.72. The molecule has 0 unspecified atom stereocenters. The number of urea groups is 1. The third kappa shape index (κ3) is 3.39. The van der Waals surface area contributed by atoms with Gasteiger partial charge in [-0.25, -0.2) is 13.6 Å². The minimum absolute atomic E-state index is 0.0139. The summed E-state index contributed by atoms with van der Waals surface area (Å²) in [6, 6.07) is 3.33. The summed E-state index contributed by atoms with van der Waals surface area (Å²) in [5.41, 5.74) is 4.89. The van der Waals surface area contributed by atoms with Gasteiger partial charge in [0.2, 0.25) is 0 Å². The number of halogens is 2. The van der Waals surface area contributed by atoms with Crippen molar-refractivity contribution >= 4 is 17.5 Å². The first-order chi connectivity index (χ1) is 15.5. The number of hydrogen-bond donors (Lipinski definition) is 2. The number of aromatic amines is 1. The molecule has 10 heteroatoms. The van der Waals surface area contributed by atoms with Crippen molar-refractivity contribution < 1.29 is 13.6 Å². The van der Waals surface area contributed by atoms with E-state index in [-0.39, 0.29) is 11.6 Å². The lowest BCUT2D eigenvalue weighted by Crippen LogP contribution is -2.41. The molecule has 2 N–H and O–H groups in total. The molecule has 8 nitrogen and oxygen atoms in total. The van der Waals surface area contributed by atoms with Gasteiger partial charge in [-0.3, -0.25) is 9.78 Å². The number of benzene rings is 1. The lowest BCUT2D eigenvalue weighted by molar-refractivity contribution is 0.152. The normalized spacial score (nSPS) is 15.7. The molecular formula is C22H25F2N7O. The Morgan fingerprint density at radius 2 is 2.09 bits per heavy atom. The number of nitrogens with one attached hydrogen (secondary N) is 2. The number of nitrogens with zero attached hydrogens (tertiary/aromatic N) is 5. The fourth-order valence-corrected chi connectivity index (χ4v) is 4.69. The number of carbonyl (C=O) groups excluding carboxylic acids is 1. The van der Waals surface area contributed by atoms with Crippen LogP contribution >= 0.6 is 0 Å². The second-order valence-corrected chi connectivity index (χ2v) is 8.26. The second kappa shape index (κ2) is 7.92. The smallest absolute Gasteiger partial charge is 0.317 e. The number of alkyl halides is 2. The standard InChI is InChI=1S/C22H25F2N7O/c1-25-22(32)30-7-5-18-17(12-30)21(28-27-18)31-6-3-4-13-8-15(14-10-26-29(2)11-14)16(20(23)24)9-19(13)31/h8-11,20H,3-7,12H2,1-2H3,(H,25,32)(H,27,28). The molecule has 0 saturated carbocycles. The van der Waals surface area contributed by atoms with Crippen molar-refractivity contribution in [3.63, 3.8) is 0 Å². The zero-order valence-electron chi connectivity index (χ0n) is 18.0. The van der Waals surface area contributed by atoms with Crippen molar-refractivity contribution in [2.24, 2.45) is 7.05 Å². The molecule has 2 amide bonds. The van der Waals surface area contributed by atoms with Crippen LogP contribution in [-0.4, -0.2) is 51.0 Å². The first-order valence-corrected chi connectivity index (χ1v) is 10.7. The summed E-state index contributed by atoms with van der Waals surface area (Å²) in [7, 11) is 3.38. The van der Waals surface area contributed by atoms with Gasteiger partial charge in [-0.1, -0.05) is 0 Å². The number of H-pyrrole nitrogens is 1. The molecule has 0 aliphatic carbocycles. The fraction of sp³-hybridized carbons (Fsp3) is 0.409. The van der Waals surface area contributed by atoms with Crippen LogP contribution in [0.25, 0.3) is 11.1 Å². The molecule has 32 heavy (non-hydrogen) atoms. The van der Waals surface area contributed by atoms with Crippen molar-refractivity contribution in [3.8, 4) is 11.1 Å². The number of carbonyl (C=O) groups is 1. The van der Waals surface area contributed by atoms with E-state index in [2.05, 4.69) is 20.6 Å². The van der Waals surface area contributed by atoms with Crippen LogP contribution in [-0.2, 0) is 26.4 Å². The molecule has 2 aromatic heterocycles. The van der Waals surface area contributed by atoms with Crippen LogP contribution in [0.2, 0.25) is 0 Å². The average Bonchev–Trinajstić information content (AvgIpc) is 3.42. The first-order valence-electron chi connectivity index (χ1n) is 10.7. The summed E-state index contributed by atoms with van der Waals surface area (Å²) >= 11 is 0. The first kappa shape index (κ1) is 20.5. The van der Waals surface area contributed by atoms with E-state index in [1.807, 2.05) is 11.0 Å². The topological polar surface area (TPSA) is 82.1 Å². The maximum absolute atomic E-state index is 14.1. The minimum Gasteiger partial charge on any atom is -0.341 e. The Kier molecular flexibility index (Phi) is 5.07. The fourth-order valence-electron chi connectivity index (χ4n) is 4.69. The molecule has 0 radical (unpaired) electrons. The maximum Gasteiger partial charge on any atom is 0.317 e. The molecule has 0 saturated heterocycles. The Bertz CT molecular complexity index is 1170. The Hall–Kier alpha value is -3.43. The summed E-state index contributed by atoms with van der Waals surface area (Å²) in [6.07, 6.45) is 3.13. The number of rotatable bonds is 3. The zero-order valence-corrected chi connectivity index (χ0v) is 18.0. The lowest BCUT2D eigenvalue weighted by atomic mass is 9.93. The lowest BCUT2D eigenvalue weighted by Gasteiger charge is -2.33. The highest BCUT2D eigenvalue weighted by atomic mass is 19.3. The molecule has 0 fully saturated rings. The number of fused-ring (bicyclic) bond motifs is 2. The highest BCUT2D eigenvalue weighted by Gasteiger charge is 2.31. The average molecular weight is 441 g/mol. The van der Waals surface area contributed by atoms with Crippen LogP contribution in [0.5, 0.6) is 0 Å². The maximum atomic E-state index is 14.1. The van der Waals surface area contributed by atoms with Crippen LogP contribution in [0.15, 0.2) is 24.5 Å². The highest BCUT2D eigenvalue weighted by molar-refractivity contribution is 5.78. The Labute approximate surface area is 184 Å². The van der Waals surface area contributed by atoms with Gasteiger partial charge in [0.15, 0.2) is 5.82 Å². The largest absolute Gasteiger partial charge is 0.341 e. The van der Waals surface area contributed by atoms with E-state index in [1.165, 1.54) is 0 Å². The molecule has 2 aliphatic heterocycles. The van der Waals surface area contributed by atoms with Crippen LogP contribution in [0.4, 0.5) is 25.1 Å². The number of aromatic nitrogens is 4. The molecule has 168 valence electrons. The van der Waals surface area contributed by atoms with Gasteiger partial charge in [0.1, 0.15) is 0 Å². The van der Waals surface area contributed by atoms with Crippen LogP contribution < -0.4 is 10.2 Å². The number of anilines is 2. The van der Waals surface area contributed by atoms with Crippen molar-refractivity contribution in [2.75, 3.05) is 25.0 Å². The van der Waals surface area contributed by atoms with E-state index in [0.29, 0.717) is 43.0 Å². The van der Waals surface area contributed by atoms with Gasteiger partial charge in [0.05, 0.1) is 12.7 Å². The SMILES string of the molecule is CNC(=O)N1CCc2[nH]nc(N3CCCc4cc(-c5cnn(C)c5)c(C(F)F)cc43)c2C1. The predicted octanol–water partition coefficient (Wildman–Crippen LogP) is 3.53. The molecule has 0 atom stereocenters. The van der Waals surface area contributed by atoms with Crippen LogP contribution in [0.1, 0.15) is 35.2 Å². The summed E-state index contributed by atoms with van der Waals surface area (Å²) in [5, 5.41) is 14.5. The van der Waals surface area contributed by atoms with Gasteiger partial charge < -0.3 is 15.1 Å². The van der Waals surface area contributed by atoms with Gasteiger partial charge in [-0.05, 0) is 36.1 Å². The number of hydrogen-bond acceptors (Lipinski definition) is 4. The number of aryl methyl sites for hydroxylation is 2. The Balaban J connectivity index is 1.57. The van der Waals surface area contributed by atoms with E-state index in [4.69, 9.17) is 0 Å². The Morgan fingerprint density at radius 3 is 2.81 bits per heavy atom. The third-order valence-corrected chi connectivity index (χ3v) is 6.29. The minimum atomic E-state index is -2.61. The third-order valence-electron chi connectivity index (χ3n) is 6.29. The van der Waals surface area contributed by atoms with E-state index >= 15 is 0 Å². The molecule has 4 heterocycles. The summed E-state index contributed by atoms with van der Waals surface area (Å²) in [4.78, 5) is 15.9. The highest BCUT2D eigenvalue weighted by Crippen LogP contribution is 2.42. The predicted molar refractivity (Wildman–Crippen MR) is 116 cm³/mol. The monoisotopic (exact) mass is 441 g/mol. The molecule has 3 aromatic rings. The van der Waals surface area contributed by atoms with Gasteiger partial charge in [0, 0.05) is 67.9 Å². The molecule has 1 aromatic carbocycles. The van der Waals surface area contributed by atoms with Gasteiger partial charge in [0.25, 0.3) is 6.43 Å². The van der Waals surface area contributed by atoms with Crippen LogP contribution in [0.3, 0.4) is 0 Å². The van der Waals surface area contributed by atoms with Crippen LogP contribution in [0, 0.1) is 0 Å². The molecular weight excluding hydrogens is 416 g/mol. The van der Waals surface area contributed by atoms with Crippen molar-refractivity contribution in [2.45, 2.75) is 32.2 Å². The van der Waals surface area contributed by atoms with E-state index in [9.17, 15) is 13.6 Å². The summed E-state index contributed by atoms with van der Waals surface area (Å²) in [5.74, 6) is 0.712. The Morgan fingerprint density at radius 1 is 1.25 bits per heavy atom. The molecule has 2 aliphatic rings. The molecule has 0 bridgehead atoms. The zero-order chi connectivity index (χ0) is 22.4. The van der Waals surface area contributed by atoms with E-state index < -0.39 is 6.43 Å². The molecule has 0 spiro atoms. The van der Waals surface area contributed by atoms with Crippen molar-refractivity contribution in [1.29, 1.82) is 0 Å². The van der Waals surface area contributed by atoms with Gasteiger partial charge in [-0.2, -0.15) is 10.2 Å². The second-order valence-electron chi connectivity index (χ2n) is 8.26. The molecule has 5 rings (SSSR count). The number of amides is 2. The summed E-state index contributed by atoms with van der Waals surface area (Å²) < 4.78 is 29.8. The van der Waals surface area contributed by atoms with Gasteiger partial charge >= 0.3 is 6.03 Å².